The molecule has 2 amide bonds. The fourth-order valence-electron chi connectivity index (χ4n) is 2.59. The van der Waals surface area contributed by atoms with Gasteiger partial charge in [0, 0.05) is 24.6 Å². The molecule has 5 nitrogen and oxygen atoms in total. The van der Waals surface area contributed by atoms with Crippen molar-refractivity contribution in [2.45, 2.75) is 20.3 Å². The van der Waals surface area contributed by atoms with Crippen LogP contribution in [0.5, 0.6) is 5.75 Å². The number of hydrogen-bond acceptors (Lipinski definition) is 3. The van der Waals surface area contributed by atoms with Crippen molar-refractivity contribution in [1.82, 2.24) is 5.32 Å². The summed E-state index contributed by atoms with van der Waals surface area (Å²) < 4.78 is 18.2. The van der Waals surface area contributed by atoms with Crippen LogP contribution in [-0.4, -0.2) is 32.0 Å². The molecule has 2 aromatic rings. The molecule has 0 spiro atoms. The Morgan fingerprint density at radius 1 is 1.22 bits per heavy atom. The van der Waals surface area contributed by atoms with Gasteiger partial charge in [-0.2, -0.15) is 0 Å². The molecular formula is C20H22ClFN2O3. The third kappa shape index (κ3) is 5.69. The zero-order valence-corrected chi connectivity index (χ0v) is 16.3. The number of nitrogens with one attached hydrogen (secondary N) is 1. The maximum Gasteiger partial charge on any atom is 0.240 e. The second-order valence-corrected chi connectivity index (χ2v) is 6.51. The molecule has 0 saturated heterocycles. The molecule has 0 bridgehead atoms. The quantitative estimate of drug-likeness (QED) is 0.784. The Bertz CT molecular complexity index is 825. The van der Waals surface area contributed by atoms with Crippen LogP contribution in [0, 0.1) is 12.7 Å². The summed E-state index contributed by atoms with van der Waals surface area (Å²) in [5, 5.41) is 3.29. The third-order valence-corrected chi connectivity index (χ3v) is 4.49. The van der Waals surface area contributed by atoms with Gasteiger partial charge in [0.1, 0.15) is 18.1 Å². The monoisotopic (exact) mass is 392 g/mol. The van der Waals surface area contributed by atoms with E-state index in [1.807, 2.05) is 6.92 Å². The van der Waals surface area contributed by atoms with Gasteiger partial charge in [-0.25, -0.2) is 4.39 Å². The molecule has 2 aromatic carbocycles. The van der Waals surface area contributed by atoms with Crippen LogP contribution in [0.1, 0.15) is 18.1 Å². The molecule has 27 heavy (non-hydrogen) atoms. The molecular weight excluding hydrogens is 371 g/mol. The number of anilines is 1. The van der Waals surface area contributed by atoms with E-state index in [-0.39, 0.29) is 24.2 Å². The highest BCUT2D eigenvalue weighted by Crippen LogP contribution is 2.33. The van der Waals surface area contributed by atoms with Gasteiger partial charge in [0.2, 0.25) is 11.8 Å². The van der Waals surface area contributed by atoms with Crippen LogP contribution >= 0.6 is 11.6 Å². The van der Waals surface area contributed by atoms with Gasteiger partial charge < -0.3 is 10.1 Å². The van der Waals surface area contributed by atoms with Gasteiger partial charge >= 0.3 is 0 Å². The number of ether oxygens (including phenoxy) is 1. The number of methoxy groups -OCH3 is 1. The summed E-state index contributed by atoms with van der Waals surface area (Å²) >= 11 is 6.10. The molecule has 0 saturated carbocycles. The summed E-state index contributed by atoms with van der Waals surface area (Å²) in [6.07, 6.45) is 0.565. The van der Waals surface area contributed by atoms with Crippen molar-refractivity contribution in [3.05, 3.63) is 58.4 Å². The summed E-state index contributed by atoms with van der Waals surface area (Å²) in [5.74, 6) is -0.474. The molecule has 0 atom stereocenters. The van der Waals surface area contributed by atoms with E-state index in [1.54, 1.807) is 24.3 Å². The first-order valence-corrected chi connectivity index (χ1v) is 8.83. The van der Waals surface area contributed by atoms with Gasteiger partial charge in [-0.15, -0.1) is 0 Å². The molecule has 0 aliphatic heterocycles. The predicted octanol–water partition coefficient (Wildman–Crippen LogP) is 3.51. The molecule has 144 valence electrons. The highest BCUT2D eigenvalue weighted by atomic mass is 35.5. The highest BCUT2D eigenvalue weighted by Gasteiger charge is 2.20. The van der Waals surface area contributed by atoms with E-state index >= 15 is 0 Å². The van der Waals surface area contributed by atoms with Gasteiger partial charge in [0.05, 0.1) is 12.8 Å². The molecule has 1 N–H and O–H groups in total. The Kier molecular flexibility index (Phi) is 7.19. The van der Waals surface area contributed by atoms with Crippen molar-refractivity contribution < 1.29 is 18.7 Å². The van der Waals surface area contributed by atoms with Crippen molar-refractivity contribution in [2.24, 2.45) is 0 Å². The Balaban J connectivity index is 2.03. The summed E-state index contributed by atoms with van der Waals surface area (Å²) in [6.45, 7) is 3.44. The molecule has 0 aromatic heterocycles. The number of halogens is 2. The van der Waals surface area contributed by atoms with Crippen LogP contribution in [0.25, 0.3) is 0 Å². The molecule has 0 unspecified atom stereocenters. The van der Waals surface area contributed by atoms with Gasteiger partial charge in [-0.3, -0.25) is 14.5 Å². The summed E-state index contributed by atoms with van der Waals surface area (Å²) in [6, 6.07) is 9.44. The minimum absolute atomic E-state index is 0.143. The molecule has 2 rings (SSSR count). The van der Waals surface area contributed by atoms with Crippen LogP contribution in [0.4, 0.5) is 10.1 Å². The summed E-state index contributed by atoms with van der Waals surface area (Å²) in [5.41, 5.74) is 2.17. The summed E-state index contributed by atoms with van der Waals surface area (Å²) in [4.78, 5) is 25.7. The van der Waals surface area contributed by atoms with Gasteiger partial charge in [-0.1, -0.05) is 23.7 Å². The number of aryl methyl sites for hydroxylation is 1. The van der Waals surface area contributed by atoms with Crippen molar-refractivity contribution in [2.75, 3.05) is 25.1 Å². The number of benzene rings is 2. The lowest BCUT2D eigenvalue weighted by molar-refractivity contribution is -0.123. The van der Waals surface area contributed by atoms with Crippen LogP contribution in [0.15, 0.2) is 36.4 Å². The van der Waals surface area contributed by atoms with E-state index in [9.17, 15) is 14.0 Å². The summed E-state index contributed by atoms with van der Waals surface area (Å²) in [7, 11) is 1.48. The molecule has 0 fully saturated rings. The normalized spacial score (nSPS) is 10.4. The van der Waals surface area contributed by atoms with Crippen molar-refractivity contribution in [3.8, 4) is 5.75 Å². The van der Waals surface area contributed by atoms with E-state index in [4.69, 9.17) is 16.3 Å². The van der Waals surface area contributed by atoms with Crippen molar-refractivity contribution >= 4 is 29.1 Å². The largest absolute Gasteiger partial charge is 0.495 e. The first kappa shape index (κ1) is 20.7. The number of carbonyl (C=O) groups excluding carboxylic acids is 2. The fraction of sp³-hybridized carbons (Fsp3) is 0.300. The Morgan fingerprint density at radius 3 is 2.48 bits per heavy atom. The standard InChI is InChI=1S/C20H22ClFN2O3/c1-13-10-18(19(27-3)11-17(13)21)24(14(2)25)12-20(26)23-9-8-15-4-6-16(22)7-5-15/h4-7,10-11H,8-9,12H2,1-3H3,(H,23,26). The van der Waals surface area contributed by atoms with E-state index in [1.165, 1.54) is 31.1 Å². The number of nitrogens with zero attached hydrogens (tertiary/aromatic N) is 1. The zero-order chi connectivity index (χ0) is 20.0. The van der Waals surface area contributed by atoms with E-state index < -0.39 is 0 Å². The van der Waals surface area contributed by atoms with E-state index in [2.05, 4.69) is 5.32 Å². The third-order valence-electron chi connectivity index (χ3n) is 4.08. The maximum absolute atomic E-state index is 12.9. The van der Waals surface area contributed by atoms with Gasteiger partial charge in [0.15, 0.2) is 0 Å². The molecule has 0 aliphatic rings. The minimum atomic E-state index is -0.304. The number of rotatable bonds is 7. The molecule has 0 aliphatic carbocycles. The minimum Gasteiger partial charge on any atom is -0.495 e. The van der Waals surface area contributed by atoms with Crippen LogP contribution in [0.2, 0.25) is 5.02 Å². The lowest BCUT2D eigenvalue weighted by atomic mass is 10.1. The number of amides is 2. The first-order chi connectivity index (χ1) is 12.8. The Hall–Kier alpha value is -2.60. The van der Waals surface area contributed by atoms with Gasteiger partial charge in [-0.05, 0) is 42.7 Å². The first-order valence-electron chi connectivity index (χ1n) is 8.45. The van der Waals surface area contributed by atoms with E-state index in [0.29, 0.717) is 29.4 Å². The zero-order valence-electron chi connectivity index (χ0n) is 15.5. The smallest absolute Gasteiger partial charge is 0.240 e. The second kappa shape index (κ2) is 9.37. The fourth-order valence-corrected chi connectivity index (χ4v) is 2.74. The molecule has 0 radical (unpaired) electrons. The Morgan fingerprint density at radius 2 is 1.89 bits per heavy atom. The average Bonchev–Trinajstić information content (AvgIpc) is 2.63. The lowest BCUT2D eigenvalue weighted by Crippen LogP contribution is -2.40. The predicted molar refractivity (Wildman–Crippen MR) is 104 cm³/mol. The van der Waals surface area contributed by atoms with Crippen molar-refractivity contribution in [3.63, 3.8) is 0 Å². The van der Waals surface area contributed by atoms with Crippen LogP contribution < -0.4 is 15.0 Å². The number of hydrogen-bond donors (Lipinski definition) is 1. The average molecular weight is 393 g/mol. The molecule has 7 heteroatoms. The maximum atomic E-state index is 12.9. The molecule has 0 heterocycles. The highest BCUT2D eigenvalue weighted by molar-refractivity contribution is 6.31. The van der Waals surface area contributed by atoms with Crippen LogP contribution in [0.3, 0.4) is 0 Å². The topological polar surface area (TPSA) is 58.6 Å². The SMILES string of the molecule is COc1cc(Cl)c(C)cc1N(CC(=O)NCCc1ccc(F)cc1)C(C)=O. The van der Waals surface area contributed by atoms with Crippen molar-refractivity contribution in [1.29, 1.82) is 0 Å². The van der Waals surface area contributed by atoms with E-state index in [0.717, 1.165) is 11.1 Å². The van der Waals surface area contributed by atoms with Crippen LogP contribution in [-0.2, 0) is 16.0 Å². The Labute approximate surface area is 163 Å². The number of carbonyl (C=O) groups is 2. The second-order valence-electron chi connectivity index (χ2n) is 6.10. The van der Waals surface area contributed by atoms with Gasteiger partial charge in [0.25, 0.3) is 0 Å². The lowest BCUT2D eigenvalue weighted by Gasteiger charge is -2.23.